The minimum absolute atomic E-state index is 0.614. The molecule has 0 aliphatic rings. The summed E-state index contributed by atoms with van der Waals surface area (Å²) in [4.78, 5) is 15.4. The maximum Gasteiger partial charge on any atom is 0.164 e. The molecular formula is C61H40N4. The van der Waals surface area contributed by atoms with E-state index in [0.29, 0.717) is 17.5 Å². The second kappa shape index (κ2) is 16.2. The summed E-state index contributed by atoms with van der Waals surface area (Å²) in [7, 11) is 0. The largest absolute Gasteiger partial charge is 0.309 e. The highest BCUT2D eigenvalue weighted by Gasteiger charge is 2.20. The normalized spacial score (nSPS) is 11.4. The molecule has 10 aromatic carbocycles. The maximum absolute atomic E-state index is 5.15. The van der Waals surface area contributed by atoms with Crippen molar-refractivity contribution in [3.05, 3.63) is 243 Å². The third-order valence-electron chi connectivity index (χ3n) is 12.5. The van der Waals surface area contributed by atoms with Gasteiger partial charge in [0.2, 0.25) is 0 Å². The molecule has 0 aliphatic heterocycles. The average Bonchev–Trinajstić information content (AvgIpc) is 3.73. The van der Waals surface area contributed by atoms with Crippen molar-refractivity contribution in [1.29, 1.82) is 0 Å². The van der Waals surface area contributed by atoms with E-state index in [-0.39, 0.29) is 0 Å². The monoisotopic (exact) mass is 828 g/mol. The van der Waals surface area contributed by atoms with Crippen molar-refractivity contribution in [1.82, 2.24) is 19.5 Å². The van der Waals surface area contributed by atoms with E-state index in [4.69, 9.17) is 15.0 Å². The van der Waals surface area contributed by atoms with Gasteiger partial charge in [0.15, 0.2) is 17.5 Å². The van der Waals surface area contributed by atoms with Crippen molar-refractivity contribution in [3.63, 3.8) is 0 Å². The molecule has 0 N–H and O–H groups in total. The SMILES string of the molecule is c1ccc(-c2ccc(-c3nc(-c4ccc(-c5ccccc5)cc4)nc(-c4ccc(-n5c6ccc(-c7ccccc7)cc6c6c7ccccc7c(-c7ccccc7)cc65)cc4)n3)cc2)cc1. The van der Waals surface area contributed by atoms with Gasteiger partial charge in [0.05, 0.1) is 11.0 Å². The fourth-order valence-electron chi connectivity index (χ4n) is 9.23. The second-order valence-corrected chi connectivity index (χ2v) is 16.4. The number of hydrogen-bond acceptors (Lipinski definition) is 3. The lowest BCUT2D eigenvalue weighted by Crippen LogP contribution is -2.01. The fraction of sp³-hybridized carbons (Fsp3) is 0. The number of nitrogens with zero attached hydrogens (tertiary/aromatic N) is 4. The van der Waals surface area contributed by atoms with Crippen molar-refractivity contribution in [2.24, 2.45) is 0 Å². The summed E-state index contributed by atoms with van der Waals surface area (Å²) < 4.78 is 2.41. The number of benzene rings is 10. The Balaban J connectivity index is 1.01. The molecule has 2 heterocycles. The Morgan fingerprint density at radius 1 is 0.246 bits per heavy atom. The van der Waals surface area contributed by atoms with E-state index in [2.05, 4.69) is 235 Å². The van der Waals surface area contributed by atoms with Crippen molar-refractivity contribution in [2.75, 3.05) is 0 Å². The lowest BCUT2D eigenvalue weighted by atomic mass is 9.94. The van der Waals surface area contributed by atoms with Crippen LogP contribution in [0.4, 0.5) is 0 Å². The van der Waals surface area contributed by atoms with E-state index in [1.165, 1.54) is 54.9 Å². The van der Waals surface area contributed by atoms with E-state index in [1.807, 2.05) is 12.1 Å². The van der Waals surface area contributed by atoms with Gasteiger partial charge in [-0.1, -0.05) is 200 Å². The minimum Gasteiger partial charge on any atom is -0.309 e. The van der Waals surface area contributed by atoms with Gasteiger partial charge in [0.1, 0.15) is 0 Å². The van der Waals surface area contributed by atoms with Crippen LogP contribution in [0.1, 0.15) is 0 Å². The lowest BCUT2D eigenvalue weighted by Gasteiger charge is -2.13. The van der Waals surface area contributed by atoms with E-state index in [9.17, 15) is 0 Å². The first kappa shape index (κ1) is 38.0. The minimum atomic E-state index is 0.614. The quantitative estimate of drug-likeness (QED) is 0.153. The summed E-state index contributed by atoms with van der Waals surface area (Å²) in [6.07, 6.45) is 0. The van der Waals surface area contributed by atoms with Crippen LogP contribution in [-0.2, 0) is 0 Å². The molecule has 12 rings (SSSR count). The Bertz CT molecular complexity index is 3540. The average molecular weight is 829 g/mol. The molecule has 0 saturated heterocycles. The zero-order valence-corrected chi connectivity index (χ0v) is 35.4. The summed E-state index contributed by atoms with van der Waals surface area (Å²) >= 11 is 0. The Labute approximate surface area is 377 Å². The van der Waals surface area contributed by atoms with Crippen LogP contribution in [0.25, 0.3) is 117 Å². The van der Waals surface area contributed by atoms with Gasteiger partial charge in [0.25, 0.3) is 0 Å². The Kier molecular flexibility index (Phi) is 9.46. The molecule has 304 valence electrons. The molecule has 0 bridgehead atoms. The third kappa shape index (κ3) is 7.04. The van der Waals surface area contributed by atoms with Crippen molar-refractivity contribution in [3.8, 4) is 84.4 Å². The van der Waals surface area contributed by atoms with Crippen LogP contribution in [0.3, 0.4) is 0 Å². The number of rotatable bonds is 8. The third-order valence-corrected chi connectivity index (χ3v) is 12.5. The summed E-state index contributed by atoms with van der Waals surface area (Å²) in [6.45, 7) is 0. The van der Waals surface area contributed by atoms with Crippen molar-refractivity contribution < 1.29 is 0 Å². The van der Waals surface area contributed by atoms with E-state index < -0.39 is 0 Å². The van der Waals surface area contributed by atoms with Crippen LogP contribution in [-0.4, -0.2) is 19.5 Å². The van der Waals surface area contributed by atoms with Crippen LogP contribution < -0.4 is 0 Å². The zero-order valence-electron chi connectivity index (χ0n) is 35.4. The first-order chi connectivity index (χ1) is 32.2. The van der Waals surface area contributed by atoms with Gasteiger partial charge in [-0.25, -0.2) is 15.0 Å². The standard InChI is InChI=1S/C61H40N4/c1-5-15-41(16-6-1)44-25-29-47(30-26-44)59-62-60(48-31-27-45(28-32-48)42-17-7-2-8-18-42)64-61(63-59)49-33-36-51(37-34-49)65-56-38-35-50(43-19-9-3-10-20-43)39-55(56)58-53-24-14-13-23-52(53)54(40-57(58)65)46-21-11-4-12-22-46/h1-40H. The Morgan fingerprint density at radius 2 is 0.615 bits per heavy atom. The van der Waals surface area contributed by atoms with Gasteiger partial charge in [-0.15, -0.1) is 0 Å². The smallest absolute Gasteiger partial charge is 0.164 e. The summed E-state index contributed by atoms with van der Waals surface area (Å²) in [5.41, 5.74) is 15.5. The molecule has 65 heavy (non-hydrogen) atoms. The first-order valence-corrected chi connectivity index (χ1v) is 22.0. The van der Waals surface area contributed by atoms with Crippen LogP contribution in [0.2, 0.25) is 0 Å². The Hall–Kier alpha value is -8.73. The molecule has 0 unspecified atom stereocenters. The van der Waals surface area contributed by atoms with Crippen LogP contribution in [0.15, 0.2) is 243 Å². The molecule has 0 aliphatic carbocycles. The van der Waals surface area contributed by atoms with Gasteiger partial charge in [-0.3, -0.25) is 0 Å². The zero-order chi connectivity index (χ0) is 43.1. The van der Waals surface area contributed by atoms with Crippen LogP contribution >= 0.6 is 0 Å². The predicted molar refractivity (Wildman–Crippen MR) is 270 cm³/mol. The molecular weight excluding hydrogens is 789 g/mol. The molecule has 12 aromatic rings. The molecule has 4 heteroatoms. The molecule has 2 aromatic heterocycles. The lowest BCUT2D eigenvalue weighted by molar-refractivity contribution is 1.07. The highest BCUT2D eigenvalue weighted by Crippen LogP contribution is 2.43. The molecule has 0 fully saturated rings. The van der Waals surface area contributed by atoms with Gasteiger partial charge in [0, 0.05) is 33.2 Å². The number of hydrogen-bond donors (Lipinski definition) is 0. The molecule has 0 atom stereocenters. The highest BCUT2D eigenvalue weighted by atomic mass is 15.0. The van der Waals surface area contributed by atoms with Gasteiger partial charge >= 0.3 is 0 Å². The summed E-state index contributed by atoms with van der Waals surface area (Å²) in [5, 5.41) is 4.91. The van der Waals surface area contributed by atoms with E-state index in [0.717, 1.165) is 44.5 Å². The number of fused-ring (bicyclic) bond motifs is 5. The topological polar surface area (TPSA) is 43.6 Å². The van der Waals surface area contributed by atoms with E-state index >= 15 is 0 Å². The second-order valence-electron chi connectivity index (χ2n) is 16.4. The summed E-state index contributed by atoms with van der Waals surface area (Å²) in [5.74, 6) is 1.86. The van der Waals surface area contributed by atoms with E-state index in [1.54, 1.807) is 0 Å². The molecule has 0 spiro atoms. The van der Waals surface area contributed by atoms with Crippen LogP contribution in [0, 0.1) is 0 Å². The fourth-order valence-corrected chi connectivity index (χ4v) is 9.23. The van der Waals surface area contributed by atoms with Crippen LogP contribution in [0.5, 0.6) is 0 Å². The van der Waals surface area contributed by atoms with Crippen molar-refractivity contribution in [2.45, 2.75) is 0 Å². The van der Waals surface area contributed by atoms with Gasteiger partial charge < -0.3 is 4.57 Å². The van der Waals surface area contributed by atoms with Gasteiger partial charge in [-0.05, 0) is 97.7 Å². The van der Waals surface area contributed by atoms with Crippen molar-refractivity contribution >= 4 is 32.6 Å². The summed E-state index contributed by atoms with van der Waals surface area (Å²) in [6, 6.07) is 85.9. The number of aromatic nitrogens is 4. The molecule has 0 amide bonds. The molecule has 0 radical (unpaired) electrons. The highest BCUT2D eigenvalue weighted by molar-refractivity contribution is 6.24. The van der Waals surface area contributed by atoms with Gasteiger partial charge in [-0.2, -0.15) is 0 Å². The molecule has 4 nitrogen and oxygen atoms in total. The Morgan fingerprint density at radius 3 is 1.11 bits per heavy atom. The predicted octanol–water partition coefficient (Wildman–Crippen LogP) is 15.8. The maximum atomic E-state index is 5.15. The molecule has 0 saturated carbocycles. The first-order valence-electron chi connectivity index (χ1n) is 22.0.